The molecule has 0 bridgehead atoms. The molecule has 24 heavy (non-hydrogen) atoms. The van der Waals surface area contributed by atoms with Crippen molar-refractivity contribution in [3.8, 4) is 10.6 Å². The zero-order valence-electron chi connectivity index (χ0n) is 12.3. The van der Waals surface area contributed by atoms with E-state index in [2.05, 4.69) is 15.3 Å². The highest BCUT2D eigenvalue weighted by molar-refractivity contribution is 7.17. The number of halogens is 3. The summed E-state index contributed by atoms with van der Waals surface area (Å²) in [4.78, 5) is 21.5. The molecule has 0 aliphatic heterocycles. The van der Waals surface area contributed by atoms with Gasteiger partial charge in [-0.2, -0.15) is 0 Å². The van der Waals surface area contributed by atoms with E-state index in [0.717, 1.165) is 10.6 Å². The quantitative estimate of drug-likeness (QED) is 0.573. The van der Waals surface area contributed by atoms with Gasteiger partial charge < -0.3 is 5.32 Å². The third-order valence-corrected chi connectivity index (χ3v) is 5.41. The highest BCUT2D eigenvalue weighted by Gasteiger charge is 2.18. The van der Waals surface area contributed by atoms with Crippen molar-refractivity contribution < 1.29 is 4.79 Å². The maximum atomic E-state index is 12.5. The molecular weight excluding hydrogens is 389 g/mol. The standard InChI is InChI=1S/C16H10Cl3N3OS/c1-8-14(24-16(21-8)9-3-2-4-20-7-9)15(23)22-13-6-11(18)10(17)5-12(13)19/h2-7H,1H3,(H,22,23). The number of hydrogen-bond acceptors (Lipinski definition) is 4. The Morgan fingerprint density at radius 3 is 2.62 bits per heavy atom. The molecule has 8 heteroatoms. The first kappa shape index (κ1) is 17.2. The van der Waals surface area contributed by atoms with Crippen LogP contribution < -0.4 is 5.32 Å². The molecule has 0 unspecified atom stereocenters. The molecular formula is C16H10Cl3N3OS. The Morgan fingerprint density at radius 2 is 1.92 bits per heavy atom. The number of rotatable bonds is 3. The number of aryl methyl sites for hydroxylation is 1. The fourth-order valence-corrected chi connectivity index (χ4v) is 3.56. The van der Waals surface area contributed by atoms with Gasteiger partial charge in [-0.3, -0.25) is 9.78 Å². The molecule has 1 aromatic carbocycles. The van der Waals surface area contributed by atoms with Crippen LogP contribution in [0.4, 0.5) is 5.69 Å². The fraction of sp³-hybridized carbons (Fsp3) is 0.0625. The van der Waals surface area contributed by atoms with Crippen molar-refractivity contribution in [3.63, 3.8) is 0 Å². The van der Waals surface area contributed by atoms with E-state index >= 15 is 0 Å². The lowest BCUT2D eigenvalue weighted by molar-refractivity contribution is 0.103. The summed E-state index contributed by atoms with van der Waals surface area (Å²) in [6.07, 6.45) is 3.39. The minimum absolute atomic E-state index is 0.305. The average molecular weight is 399 g/mol. The summed E-state index contributed by atoms with van der Waals surface area (Å²) in [6, 6.07) is 6.72. The number of hydrogen-bond donors (Lipinski definition) is 1. The third-order valence-electron chi connectivity index (χ3n) is 3.17. The van der Waals surface area contributed by atoms with Gasteiger partial charge in [0.25, 0.3) is 5.91 Å². The molecule has 1 N–H and O–H groups in total. The number of benzene rings is 1. The maximum Gasteiger partial charge on any atom is 0.267 e. The van der Waals surface area contributed by atoms with Gasteiger partial charge in [0.2, 0.25) is 0 Å². The van der Waals surface area contributed by atoms with Crippen LogP contribution in [0.15, 0.2) is 36.7 Å². The molecule has 2 heterocycles. The van der Waals surface area contributed by atoms with Gasteiger partial charge in [0, 0.05) is 18.0 Å². The van der Waals surface area contributed by atoms with Gasteiger partial charge in [-0.05, 0) is 31.2 Å². The van der Waals surface area contributed by atoms with Gasteiger partial charge in [-0.25, -0.2) is 4.98 Å². The van der Waals surface area contributed by atoms with Crippen molar-refractivity contribution in [2.45, 2.75) is 6.92 Å². The zero-order chi connectivity index (χ0) is 17.3. The van der Waals surface area contributed by atoms with Crippen LogP contribution in [0.5, 0.6) is 0 Å². The van der Waals surface area contributed by atoms with Crippen molar-refractivity contribution in [2.75, 3.05) is 5.32 Å². The predicted octanol–water partition coefficient (Wildman–Crippen LogP) is 5.73. The maximum absolute atomic E-state index is 12.5. The number of carbonyl (C=O) groups is 1. The number of thiazole rings is 1. The van der Waals surface area contributed by atoms with Crippen LogP contribution in [0.25, 0.3) is 10.6 Å². The van der Waals surface area contributed by atoms with Gasteiger partial charge in [-0.15, -0.1) is 11.3 Å². The Balaban J connectivity index is 1.89. The lowest BCUT2D eigenvalue weighted by Crippen LogP contribution is -2.12. The SMILES string of the molecule is Cc1nc(-c2cccnc2)sc1C(=O)Nc1cc(Cl)c(Cl)cc1Cl. The summed E-state index contributed by atoms with van der Waals surface area (Å²) < 4.78 is 0. The number of anilines is 1. The molecule has 4 nitrogen and oxygen atoms in total. The highest BCUT2D eigenvalue weighted by atomic mass is 35.5. The first-order valence-corrected chi connectivity index (χ1v) is 8.74. The van der Waals surface area contributed by atoms with Crippen LogP contribution in [0, 0.1) is 6.92 Å². The number of nitrogens with zero attached hydrogens (tertiary/aromatic N) is 2. The molecule has 0 radical (unpaired) electrons. The van der Waals surface area contributed by atoms with Crippen LogP contribution in [0.3, 0.4) is 0 Å². The summed E-state index contributed by atoms with van der Waals surface area (Å²) in [6.45, 7) is 1.78. The van der Waals surface area contributed by atoms with Crippen LogP contribution in [0.2, 0.25) is 15.1 Å². The summed E-state index contributed by atoms with van der Waals surface area (Å²) in [7, 11) is 0. The van der Waals surface area contributed by atoms with E-state index in [1.165, 1.54) is 23.5 Å². The van der Waals surface area contributed by atoms with E-state index in [9.17, 15) is 4.79 Å². The Hall–Kier alpha value is -1.66. The number of pyridine rings is 1. The lowest BCUT2D eigenvalue weighted by Gasteiger charge is -2.08. The second kappa shape index (κ2) is 7.07. The van der Waals surface area contributed by atoms with Crippen LogP contribution >= 0.6 is 46.1 Å². The van der Waals surface area contributed by atoms with E-state index in [1.54, 1.807) is 19.3 Å². The smallest absolute Gasteiger partial charge is 0.267 e. The van der Waals surface area contributed by atoms with Gasteiger partial charge >= 0.3 is 0 Å². The second-order valence-corrected chi connectivity index (χ2v) is 7.10. The molecule has 0 aliphatic rings. The first-order chi connectivity index (χ1) is 11.5. The Bertz CT molecular complexity index is 912. The van der Waals surface area contributed by atoms with Crippen LogP contribution in [-0.2, 0) is 0 Å². The largest absolute Gasteiger partial charge is 0.320 e. The summed E-state index contributed by atoms with van der Waals surface area (Å²) in [5, 5.41) is 4.42. The topological polar surface area (TPSA) is 54.9 Å². The second-order valence-electron chi connectivity index (χ2n) is 4.88. The van der Waals surface area contributed by atoms with E-state index in [0.29, 0.717) is 31.3 Å². The van der Waals surface area contributed by atoms with Gasteiger partial charge in [0.1, 0.15) is 9.88 Å². The normalized spacial score (nSPS) is 10.7. The van der Waals surface area contributed by atoms with Crippen molar-refractivity contribution in [1.82, 2.24) is 9.97 Å². The van der Waals surface area contributed by atoms with E-state index in [1.807, 2.05) is 12.1 Å². The molecule has 3 aromatic rings. The molecule has 2 aromatic heterocycles. The summed E-state index contributed by atoms with van der Waals surface area (Å²) in [5.74, 6) is -0.305. The number of nitrogens with one attached hydrogen (secondary N) is 1. The Kier molecular flexibility index (Phi) is 5.06. The molecule has 0 fully saturated rings. The fourth-order valence-electron chi connectivity index (χ4n) is 2.02. The van der Waals surface area contributed by atoms with Crippen molar-refractivity contribution in [1.29, 1.82) is 0 Å². The van der Waals surface area contributed by atoms with Crippen LogP contribution in [0.1, 0.15) is 15.4 Å². The molecule has 0 spiro atoms. The monoisotopic (exact) mass is 397 g/mol. The van der Waals surface area contributed by atoms with Crippen molar-refractivity contribution in [2.24, 2.45) is 0 Å². The van der Waals surface area contributed by atoms with Crippen molar-refractivity contribution in [3.05, 3.63) is 62.3 Å². The first-order valence-electron chi connectivity index (χ1n) is 6.79. The number of carbonyl (C=O) groups excluding carboxylic acids is 1. The van der Waals surface area contributed by atoms with Gasteiger partial charge in [-0.1, -0.05) is 34.8 Å². The number of amides is 1. The predicted molar refractivity (Wildman–Crippen MR) is 99.5 cm³/mol. The van der Waals surface area contributed by atoms with Crippen LogP contribution in [-0.4, -0.2) is 15.9 Å². The molecule has 0 aliphatic carbocycles. The minimum Gasteiger partial charge on any atom is -0.320 e. The third kappa shape index (κ3) is 3.54. The van der Waals surface area contributed by atoms with Crippen molar-refractivity contribution >= 4 is 57.7 Å². The van der Waals surface area contributed by atoms with Gasteiger partial charge in [0.05, 0.1) is 26.4 Å². The molecule has 0 atom stereocenters. The molecule has 3 rings (SSSR count). The van der Waals surface area contributed by atoms with E-state index < -0.39 is 0 Å². The van der Waals surface area contributed by atoms with E-state index in [-0.39, 0.29) is 5.91 Å². The molecule has 1 amide bonds. The minimum atomic E-state index is -0.305. The molecule has 0 saturated heterocycles. The van der Waals surface area contributed by atoms with Gasteiger partial charge in [0.15, 0.2) is 0 Å². The van der Waals surface area contributed by atoms with E-state index in [4.69, 9.17) is 34.8 Å². The highest BCUT2D eigenvalue weighted by Crippen LogP contribution is 2.33. The molecule has 122 valence electrons. The summed E-state index contributed by atoms with van der Waals surface area (Å²) >= 11 is 19.2. The summed E-state index contributed by atoms with van der Waals surface area (Å²) in [5.41, 5.74) is 1.89. The number of aromatic nitrogens is 2. The Labute approximate surface area is 157 Å². The lowest BCUT2D eigenvalue weighted by atomic mass is 10.3. The molecule has 0 saturated carbocycles. The average Bonchev–Trinajstić information content (AvgIpc) is 2.95. The Morgan fingerprint density at radius 1 is 1.17 bits per heavy atom. The zero-order valence-corrected chi connectivity index (χ0v) is 15.4.